The lowest BCUT2D eigenvalue weighted by molar-refractivity contribution is -0.00353. The van der Waals surface area contributed by atoms with Crippen molar-refractivity contribution in [2.45, 2.75) is 13.0 Å². The summed E-state index contributed by atoms with van der Waals surface area (Å²) in [5.74, 6) is 0.739. The Kier molecular flexibility index (Phi) is 5.49. The quantitative estimate of drug-likeness (QED) is 0.867. The Morgan fingerprint density at radius 1 is 1.50 bits per heavy atom. The maximum atomic E-state index is 11.9. The van der Waals surface area contributed by atoms with E-state index in [-0.39, 0.29) is 12.1 Å². The molecule has 1 aromatic rings. The Morgan fingerprint density at radius 2 is 2.25 bits per heavy atom. The zero-order valence-electron chi connectivity index (χ0n) is 11.5. The molecule has 0 aromatic heterocycles. The number of nitrogens with zero attached hydrogens (tertiary/aromatic N) is 1. The van der Waals surface area contributed by atoms with Crippen LogP contribution in [0.25, 0.3) is 0 Å². The molecule has 0 radical (unpaired) electrons. The standard InChI is InChI=1S/C14H19ClN2O3/c1-11-10-17(7-9-19-11)14(18)16-6-8-20-13-4-2-12(15)3-5-13/h2-5,11H,6-10H2,1H3,(H,16,18)/t11-/m0/s1. The molecule has 1 fully saturated rings. The number of rotatable bonds is 4. The molecule has 20 heavy (non-hydrogen) atoms. The highest BCUT2D eigenvalue weighted by Gasteiger charge is 2.20. The molecule has 0 saturated carbocycles. The molecule has 1 heterocycles. The van der Waals surface area contributed by atoms with Crippen molar-refractivity contribution in [2.24, 2.45) is 0 Å². The van der Waals surface area contributed by atoms with Crippen LogP contribution in [0.15, 0.2) is 24.3 Å². The number of nitrogens with one attached hydrogen (secondary N) is 1. The molecule has 2 rings (SSSR count). The summed E-state index contributed by atoms with van der Waals surface area (Å²) in [6.45, 7) is 4.71. The van der Waals surface area contributed by atoms with Gasteiger partial charge in [0.15, 0.2) is 0 Å². The summed E-state index contributed by atoms with van der Waals surface area (Å²) < 4.78 is 10.9. The summed E-state index contributed by atoms with van der Waals surface area (Å²) in [6.07, 6.45) is 0.0971. The molecular formula is C14H19ClN2O3. The van der Waals surface area contributed by atoms with E-state index in [2.05, 4.69) is 5.32 Å². The molecule has 1 N–H and O–H groups in total. The van der Waals surface area contributed by atoms with Crippen molar-refractivity contribution in [3.63, 3.8) is 0 Å². The van der Waals surface area contributed by atoms with Crippen molar-refractivity contribution in [3.05, 3.63) is 29.3 Å². The first kappa shape index (κ1) is 14.9. The molecule has 2 amide bonds. The van der Waals surface area contributed by atoms with E-state index in [1.807, 2.05) is 6.92 Å². The van der Waals surface area contributed by atoms with E-state index in [4.69, 9.17) is 21.1 Å². The van der Waals surface area contributed by atoms with E-state index in [9.17, 15) is 4.79 Å². The van der Waals surface area contributed by atoms with Gasteiger partial charge in [0.2, 0.25) is 0 Å². The smallest absolute Gasteiger partial charge is 0.317 e. The average molecular weight is 299 g/mol. The van der Waals surface area contributed by atoms with Crippen LogP contribution in [-0.2, 0) is 4.74 Å². The van der Waals surface area contributed by atoms with E-state index in [0.717, 1.165) is 5.75 Å². The van der Waals surface area contributed by atoms with E-state index in [1.54, 1.807) is 29.2 Å². The summed E-state index contributed by atoms with van der Waals surface area (Å²) >= 11 is 5.78. The number of hydrogen-bond acceptors (Lipinski definition) is 3. The molecule has 1 aliphatic rings. The summed E-state index contributed by atoms with van der Waals surface area (Å²) in [7, 11) is 0. The van der Waals surface area contributed by atoms with E-state index in [0.29, 0.717) is 37.9 Å². The lowest BCUT2D eigenvalue weighted by Gasteiger charge is -2.31. The Labute approximate surface area is 123 Å². The first-order valence-corrected chi connectivity index (χ1v) is 7.05. The number of urea groups is 1. The number of carbonyl (C=O) groups excluding carboxylic acids is 1. The van der Waals surface area contributed by atoms with Gasteiger partial charge in [0.05, 0.1) is 19.3 Å². The predicted molar refractivity (Wildman–Crippen MR) is 77.3 cm³/mol. The Hall–Kier alpha value is -1.46. The lowest BCUT2D eigenvalue weighted by atomic mass is 10.3. The summed E-state index contributed by atoms with van der Waals surface area (Å²) in [6, 6.07) is 7.07. The predicted octanol–water partition coefficient (Wildman–Crippen LogP) is 2.15. The molecular weight excluding hydrogens is 280 g/mol. The van der Waals surface area contributed by atoms with Gasteiger partial charge in [0.25, 0.3) is 0 Å². The maximum Gasteiger partial charge on any atom is 0.317 e. The first-order valence-electron chi connectivity index (χ1n) is 6.68. The number of halogens is 1. The number of benzene rings is 1. The number of carbonyl (C=O) groups is 1. The molecule has 110 valence electrons. The van der Waals surface area contributed by atoms with Gasteiger partial charge < -0.3 is 19.7 Å². The maximum absolute atomic E-state index is 11.9. The van der Waals surface area contributed by atoms with Crippen LogP contribution in [0.5, 0.6) is 5.75 Å². The van der Waals surface area contributed by atoms with Gasteiger partial charge in [-0.1, -0.05) is 11.6 Å². The van der Waals surface area contributed by atoms with Gasteiger partial charge in [-0.25, -0.2) is 4.79 Å². The highest BCUT2D eigenvalue weighted by Crippen LogP contribution is 2.15. The van der Waals surface area contributed by atoms with Crippen molar-refractivity contribution in [3.8, 4) is 5.75 Å². The zero-order valence-corrected chi connectivity index (χ0v) is 12.2. The molecule has 1 aliphatic heterocycles. The Morgan fingerprint density at radius 3 is 2.95 bits per heavy atom. The van der Waals surface area contributed by atoms with Crippen LogP contribution in [0.4, 0.5) is 4.79 Å². The van der Waals surface area contributed by atoms with Gasteiger partial charge in [-0.05, 0) is 31.2 Å². The molecule has 0 aliphatic carbocycles. The van der Waals surface area contributed by atoms with Crippen LogP contribution < -0.4 is 10.1 Å². The summed E-state index contributed by atoms with van der Waals surface area (Å²) in [4.78, 5) is 13.6. The molecule has 5 nitrogen and oxygen atoms in total. The van der Waals surface area contributed by atoms with Crippen LogP contribution in [0.3, 0.4) is 0 Å². The molecule has 1 aromatic carbocycles. The van der Waals surface area contributed by atoms with Gasteiger partial charge in [0.1, 0.15) is 12.4 Å². The Balaban J connectivity index is 1.65. The highest BCUT2D eigenvalue weighted by atomic mass is 35.5. The molecule has 0 unspecified atom stereocenters. The second-order valence-electron chi connectivity index (χ2n) is 4.66. The second kappa shape index (κ2) is 7.36. The van der Waals surface area contributed by atoms with E-state index < -0.39 is 0 Å². The van der Waals surface area contributed by atoms with Crippen LogP contribution in [0.2, 0.25) is 5.02 Å². The van der Waals surface area contributed by atoms with Crippen molar-refractivity contribution in [1.82, 2.24) is 10.2 Å². The van der Waals surface area contributed by atoms with E-state index in [1.165, 1.54) is 0 Å². The van der Waals surface area contributed by atoms with Crippen LogP contribution >= 0.6 is 11.6 Å². The van der Waals surface area contributed by atoms with E-state index >= 15 is 0 Å². The fraction of sp³-hybridized carbons (Fsp3) is 0.500. The SMILES string of the molecule is C[C@H]1CN(C(=O)NCCOc2ccc(Cl)cc2)CCO1. The van der Waals surface area contributed by atoms with Crippen LogP contribution in [0.1, 0.15) is 6.92 Å². The number of ether oxygens (including phenoxy) is 2. The number of amides is 2. The normalized spacial score (nSPS) is 18.7. The Bertz CT molecular complexity index is 439. The van der Waals surface area contributed by atoms with Gasteiger partial charge in [-0.15, -0.1) is 0 Å². The van der Waals surface area contributed by atoms with Gasteiger partial charge in [0, 0.05) is 18.1 Å². The minimum Gasteiger partial charge on any atom is -0.492 e. The van der Waals surface area contributed by atoms with Crippen molar-refractivity contribution in [1.29, 1.82) is 0 Å². The summed E-state index contributed by atoms with van der Waals surface area (Å²) in [5, 5.41) is 3.51. The van der Waals surface area contributed by atoms with Crippen molar-refractivity contribution in [2.75, 3.05) is 32.8 Å². The van der Waals surface area contributed by atoms with Crippen molar-refractivity contribution >= 4 is 17.6 Å². The number of morpholine rings is 1. The molecule has 1 atom stereocenters. The molecule has 0 bridgehead atoms. The fourth-order valence-corrected chi connectivity index (χ4v) is 2.10. The van der Waals surface area contributed by atoms with Crippen LogP contribution in [-0.4, -0.2) is 49.9 Å². The third-order valence-corrected chi connectivity index (χ3v) is 3.24. The highest BCUT2D eigenvalue weighted by molar-refractivity contribution is 6.30. The second-order valence-corrected chi connectivity index (χ2v) is 5.10. The third-order valence-electron chi connectivity index (χ3n) is 2.99. The lowest BCUT2D eigenvalue weighted by Crippen LogP contribution is -2.49. The minimum atomic E-state index is -0.0696. The van der Waals surface area contributed by atoms with Gasteiger partial charge in [-0.2, -0.15) is 0 Å². The molecule has 1 saturated heterocycles. The minimum absolute atomic E-state index is 0.0696. The summed E-state index contributed by atoms with van der Waals surface area (Å²) in [5.41, 5.74) is 0. The zero-order chi connectivity index (χ0) is 14.4. The van der Waals surface area contributed by atoms with Crippen LogP contribution in [0, 0.1) is 0 Å². The molecule has 0 spiro atoms. The van der Waals surface area contributed by atoms with Gasteiger partial charge in [-0.3, -0.25) is 0 Å². The first-order chi connectivity index (χ1) is 9.65. The topological polar surface area (TPSA) is 50.8 Å². The fourth-order valence-electron chi connectivity index (χ4n) is 1.97. The largest absolute Gasteiger partial charge is 0.492 e. The third kappa shape index (κ3) is 4.58. The van der Waals surface area contributed by atoms with Crippen molar-refractivity contribution < 1.29 is 14.3 Å². The molecule has 6 heteroatoms. The van der Waals surface area contributed by atoms with Gasteiger partial charge >= 0.3 is 6.03 Å². The average Bonchev–Trinajstić information content (AvgIpc) is 2.45. The monoisotopic (exact) mass is 298 g/mol. The number of hydrogen-bond donors (Lipinski definition) is 1.